The number of hydrogen-bond acceptors (Lipinski definition) is 7. The normalized spacial score (nSPS) is 25.2. The van der Waals surface area contributed by atoms with Gasteiger partial charge in [-0.2, -0.15) is 0 Å². The highest BCUT2D eigenvalue weighted by Gasteiger charge is 2.42. The summed E-state index contributed by atoms with van der Waals surface area (Å²) in [7, 11) is 0. The van der Waals surface area contributed by atoms with Gasteiger partial charge in [-0.05, 0) is 50.1 Å². The molecule has 3 atom stereocenters. The van der Waals surface area contributed by atoms with Gasteiger partial charge < -0.3 is 20.8 Å². The standard InChI is InChI=1S/C30H43FN6O3/c1-19-10-24(31)7-6-22(19)11-23-12-26-28(37(32)29(23)39)30(4,5)18-36(26)27(38)16-35-14-20(2)33-13-25(35)15-34-8-9-40-17-21(34)3/h6-7,10,12,20-21,25,33H,8-9,11,13-18,32H2,1-5H3/t20-,21-,25-/m1/s1. The lowest BCUT2D eigenvalue weighted by atomic mass is 9.90. The van der Waals surface area contributed by atoms with Crippen LogP contribution in [0, 0.1) is 12.7 Å². The van der Waals surface area contributed by atoms with Crippen LogP contribution in [0.5, 0.6) is 0 Å². The Morgan fingerprint density at radius 1 is 1.20 bits per heavy atom. The Kier molecular flexibility index (Phi) is 8.07. The van der Waals surface area contributed by atoms with Gasteiger partial charge in [-0.25, -0.2) is 9.07 Å². The predicted molar refractivity (Wildman–Crippen MR) is 155 cm³/mol. The van der Waals surface area contributed by atoms with E-state index < -0.39 is 5.41 Å². The lowest BCUT2D eigenvalue weighted by molar-refractivity contribution is -0.121. The summed E-state index contributed by atoms with van der Waals surface area (Å²) in [6, 6.07) is 7.23. The van der Waals surface area contributed by atoms with Crippen molar-refractivity contribution in [1.82, 2.24) is 19.8 Å². The van der Waals surface area contributed by atoms with Gasteiger partial charge in [-0.15, -0.1) is 0 Å². The van der Waals surface area contributed by atoms with Gasteiger partial charge in [-0.3, -0.25) is 19.4 Å². The Bertz CT molecular complexity index is 1330. The number of carbonyl (C=O) groups is 1. The third kappa shape index (κ3) is 5.68. The zero-order valence-corrected chi connectivity index (χ0v) is 24.4. The molecule has 3 aliphatic rings. The first-order valence-corrected chi connectivity index (χ1v) is 14.3. The quantitative estimate of drug-likeness (QED) is 0.524. The number of morpholine rings is 1. The minimum atomic E-state index is -0.484. The third-order valence-electron chi connectivity index (χ3n) is 8.78. The highest BCUT2D eigenvalue weighted by molar-refractivity contribution is 5.97. The van der Waals surface area contributed by atoms with Gasteiger partial charge in [0.1, 0.15) is 5.82 Å². The van der Waals surface area contributed by atoms with E-state index in [4.69, 9.17) is 10.6 Å². The molecule has 40 heavy (non-hydrogen) atoms. The number of nitrogens with one attached hydrogen (secondary N) is 1. The van der Waals surface area contributed by atoms with Crippen molar-refractivity contribution >= 4 is 11.6 Å². The molecule has 2 saturated heterocycles. The van der Waals surface area contributed by atoms with E-state index in [1.807, 2.05) is 26.8 Å². The molecule has 5 rings (SSSR count). The van der Waals surface area contributed by atoms with Crippen LogP contribution in [-0.2, 0) is 21.4 Å². The fourth-order valence-electron chi connectivity index (χ4n) is 6.49. The van der Waals surface area contributed by atoms with Crippen molar-refractivity contribution in [1.29, 1.82) is 0 Å². The van der Waals surface area contributed by atoms with E-state index in [1.165, 1.54) is 16.8 Å². The zero-order chi connectivity index (χ0) is 28.8. The van der Waals surface area contributed by atoms with Crippen LogP contribution < -0.4 is 21.6 Å². The number of hydrogen-bond donors (Lipinski definition) is 2. The summed E-state index contributed by atoms with van der Waals surface area (Å²) in [6.07, 6.45) is 0.313. The number of halogens is 1. The topological polar surface area (TPSA) is 96.1 Å². The first-order valence-electron chi connectivity index (χ1n) is 14.3. The molecule has 2 fully saturated rings. The predicted octanol–water partition coefficient (Wildman–Crippen LogP) is 1.61. The fourth-order valence-corrected chi connectivity index (χ4v) is 6.49. The number of rotatable bonds is 6. The monoisotopic (exact) mass is 554 g/mol. The molecular weight excluding hydrogens is 511 g/mol. The summed E-state index contributed by atoms with van der Waals surface area (Å²) < 4.78 is 20.5. The number of fused-ring (bicyclic) bond motifs is 1. The second kappa shape index (κ2) is 11.2. The molecule has 10 heteroatoms. The Hall–Kier alpha value is -2.79. The number of anilines is 1. The molecular formula is C30H43FN6O3. The Morgan fingerprint density at radius 2 is 1.98 bits per heavy atom. The average molecular weight is 555 g/mol. The average Bonchev–Trinajstić information content (AvgIpc) is 3.17. The Labute approximate surface area is 236 Å². The van der Waals surface area contributed by atoms with Crippen molar-refractivity contribution in [2.75, 3.05) is 63.2 Å². The minimum Gasteiger partial charge on any atom is -0.379 e. The fraction of sp³-hybridized carbons (Fsp3) is 0.600. The van der Waals surface area contributed by atoms with E-state index in [0.717, 1.165) is 50.5 Å². The van der Waals surface area contributed by atoms with Gasteiger partial charge in [0.25, 0.3) is 5.56 Å². The molecule has 0 radical (unpaired) electrons. The highest BCUT2D eigenvalue weighted by atomic mass is 19.1. The number of benzene rings is 1. The number of nitrogens with two attached hydrogens (primary N) is 1. The number of nitrogens with zero attached hydrogens (tertiary/aromatic N) is 4. The lowest BCUT2D eigenvalue weighted by Crippen LogP contribution is -2.62. The maximum Gasteiger partial charge on any atom is 0.272 e. The van der Waals surface area contributed by atoms with Crippen LogP contribution in [0.2, 0.25) is 0 Å². The molecule has 9 nitrogen and oxygen atoms in total. The van der Waals surface area contributed by atoms with Crippen LogP contribution in [0.3, 0.4) is 0 Å². The van der Waals surface area contributed by atoms with Gasteiger partial charge >= 0.3 is 0 Å². The molecule has 4 heterocycles. The molecule has 2 aromatic rings. The van der Waals surface area contributed by atoms with Crippen molar-refractivity contribution in [3.63, 3.8) is 0 Å². The molecule has 3 N–H and O–H groups in total. The van der Waals surface area contributed by atoms with Crippen LogP contribution in [-0.4, -0.2) is 91.0 Å². The summed E-state index contributed by atoms with van der Waals surface area (Å²) in [6.45, 7) is 15.8. The number of aryl methyl sites for hydroxylation is 1. The number of carbonyl (C=O) groups excluding carboxylic acids is 1. The summed E-state index contributed by atoms with van der Waals surface area (Å²) in [5, 5.41) is 3.59. The molecule has 0 unspecified atom stereocenters. The minimum absolute atomic E-state index is 0.00325. The number of ether oxygens (including phenoxy) is 1. The number of aromatic nitrogens is 1. The van der Waals surface area contributed by atoms with Crippen LogP contribution >= 0.6 is 0 Å². The van der Waals surface area contributed by atoms with Gasteiger partial charge in [-0.1, -0.05) is 19.9 Å². The molecule has 3 aliphatic heterocycles. The van der Waals surface area contributed by atoms with E-state index in [2.05, 4.69) is 29.0 Å². The van der Waals surface area contributed by atoms with Crippen LogP contribution in [0.15, 0.2) is 29.1 Å². The second-order valence-electron chi connectivity index (χ2n) is 12.5. The smallest absolute Gasteiger partial charge is 0.272 e. The Balaban J connectivity index is 1.41. The first-order chi connectivity index (χ1) is 18.9. The van der Waals surface area contributed by atoms with Crippen LogP contribution in [0.4, 0.5) is 10.1 Å². The molecule has 218 valence electrons. The van der Waals surface area contributed by atoms with Crippen molar-refractivity contribution in [3.05, 3.63) is 62.8 Å². The maximum atomic E-state index is 14.0. The van der Waals surface area contributed by atoms with Gasteiger partial charge in [0, 0.05) is 68.2 Å². The number of amides is 1. The van der Waals surface area contributed by atoms with Crippen LogP contribution in [0.1, 0.15) is 50.1 Å². The number of piperazine rings is 1. The molecule has 0 spiro atoms. The van der Waals surface area contributed by atoms with Crippen molar-refractivity contribution < 1.29 is 13.9 Å². The van der Waals surface area contributed by atoms with Crippen LogP contribution in [0.25, 0.3) is 0 Å². The van der Waals surface area contributed by atoms with E-state index in [1.54, 1.807) is 11.0 Å². The van der Waals surface area contributed by atoms with Crippen molar-refractivity contribution in [2.24, 2.45) is 0 Å². The lowest BCUT2D eigenvalue weighted by Gasteiger charge is -2.43. The molecule has 1 amide bonds. The van der Waals surface area contributed by atoms with Gasteiger partial charge in [0.15, 0.2) is 0 Å². The third-order valence-corrected chi connectivity index (χ3v) is 8.78. The molecule has 0 aliphatic carbocycles. The zero-order valence-electron chi connectivity index (χ0n) is 24.4. The highest BCUT2D eigenvalue weighted by Crippen LogP contribution is 2.40. The van der Waals surface area contributed by atoms with E-state index >= 15 is 0 Å². The van der Waals surface area contributed by atoms with E-state index in [-0.39, 0.29) is 29.4 Å². The molecule has 1 aromatic heterocycles. The summed E-state index contributed by atoms with van der Waals surface area (Å²) >= 11 is 0. The van der Waals surface area contributed by atoms with Gasteiger partial charge in [0.2, 0.25) is 5.91 Å². The number of nitrogen functional groups attached to an aromatic ring is 1. The molecule has 0 bridgehead atoms. The summed E-state index contributed by atoms with van der Waals surface area (Å²) in [4.78, 5) is 33.9. The van der Waals surface area contributed by atoms with Crippen molar-refractivity contribution in [3.8, 4) is 0 Å². The molecule has 1 aromatic carbocycles. The maximum absolute atomic E-state index is 14.0. The largest absolute Gasteiger partial charge is 0.379 e. The van der Waals surface area contributed by atoms with Gasteiger partial charge in [0.05, 0.1) is 31.1 Å². The number of pyridine rings is 1. The van der Waals surface area contributed by atoms with Crippen molar-refractivity contribution in [2.45, 2.75) is 64.6 Å². The SMILES string of the molecule is Cc1cc(F)ccc1Cc1cc2c(n(N)c1=O)C(C)(C)CN2C(=O)CN1C[C@@H](C)NC[C@@H]1CN1CCOC[C@H]1C. The van der Waals surface area contributed by atoms with E-state index in [9.17, 15) is 14.0 Å². The second-order valence-corrected chi connectivity index (χ2v) is 12.5. The summed E-state index contributed by atoms with van der Waals surface area (Å²) in [5.41, 5.74) is 2.68. The first kappa shape index (κ1) is 28.7. The Morgan fingerprint density at radius 3 is 2.70 bits per heavy atom. The van der Waals surface area contributed by atoms with E-state index in [0.29, 0.717) is 42.5 Å². The summed E-state index contributed by atoms with van der Waals surface area (Å²) in [5.74, 6) is 6.09. The molecule has 0 saturated carbocycles.